The molecule has 1 aromatic carbocycles. The summed E-state index contributed by atoms with van der Waals surface area (Å²) in [5, 5.41) is 12.9. The zero-order valence-electron chi connectivity index (χ0n) is 13.3. The van der Waals surface area contributed by atoms with Gasteiger partial charge in [0.2, 0.25) is 0 Å². The third-order valence-corrected chi connectivity index (χ3v) is 4.80. The minimum atomic E-state index is -0.751. The first-order valence-electron chi connectivity index (χ1n) is 7.83. The number of carbonyl (C=O) groups is 2. The van der Waals surface area contributed by atoms with Crippen LogP contribution in [-0.4, -0.2) is 29.6 Å². The van der Waals surface area contributed by atoms with E-state index in [2.05, 4.69) is 19.2 Å². The fourth-order valence-electron chi connectivity index (χ4n) is 2.92. The normalized spacial score (nSPS) is 24.0. The van der Waals surface area contributed by atoms with Crippen molar-refractivity contribution < 1.29 is 19.4 Å². The van der Waals surface area contributed by atoms with E-state index >= 15 is 0 Å². The minimum absolute atomic E-state index is 0.0122. The molecule has 5 nitrogen and oxygen atoms in total. The Morgan fingerprint density at radius 2 is 2.09 bits per heavy atom. The number of halogens is 1. The molecule has 3 atom stereocenters. The van der Waals surface area contributed by atoms with Crippen molar-refractivity contribution in [2.45, 2.75) is 39.2 Å². The van der Waals surface area contributed by atoms with Crippen LogP contribution < -0.4 is 5.32 Å². The highest BCUT2D eigenvalue weighted by Crippen LogP contribution is 2.29. The van der Waals surface area contributed by atoms with Crippen LogP contribution in [-0.2, 0) is 9.53 Å². The summed E-state index contributed by atoms with van der Waals surface area (Å²) >= 11 is 5.71. The van der Waals surface area contributed by atoms with E-state index in [1.54, 1.807) is 0 Å². The summed E-state index contributed by atoms with van der Waals surface area (Å²) in [4.78, 5) is 23.9. The molecule has 0 unspecified atom stereocenters. The molecule has 0 saturated heterocycles. The Hall–Kier alpha value is -1.75. The Kier molecular flexibility index (Phi) is 5.88. The maximum atomic E-state index is 12.0. The molecule has 1 aliphatic rings. The standard InChI is InChI=1S/C17H22ClNO4/c1-10-4-3-5-14(11(10)2)19-16(21)9-23-17(22)13-7-6-12(18)8-15(13)20/h6-8,10-11,14,20H,3-5,9H2,1-2H3,(H,19,21)/t10-,11-,14-/m1/s1. The van der Waals surface area contributed by atoms with E-state index < -0.39 is 5.97 Å². The number of phenols is 1. The zero-order chi connectivity index (χ0) is 17.0. The van der Waals surface area contributed by atoms with Crippen molar-refractivity contribution in [2.24, 2.45) is 11.8 Å². The van der Waals surface area contributed by atoms with E-state index in [4.69, 9.17) is 16.3 Å². The first-order chi connectivity index (χ1) is 10.9. The maximum absolute atomic E-state index is 12.0. The molecule has 1 aromatic rings. The Bertz CT molecular complexity index is 590. The van der Waals surface area contributed by atoms with Gasteiger partial charge >= 0.3 is 5.97 Å². The van der Waals surface area contributed by atoms with Crippen molar-refractivity contribution in [3.63, 3.8) is 0 Å². The third-order valence-electron chi connectivity index (χ3n) is 4.57. The van der Waals surface area contributed by atoms with Crippen molar-refractivity contribution in [1.82, 2.24) is 5.32 Å². The molecule has 0 aromatic heterocycles. The van der Waals surface area contributed by atoms with Gasteiger partial charge in [0.25, 0.3) is 5.91 Å². The molecular formula is C17H22ClNO4. The molecule has 1 fully saturated rings. The second-order valence-corrected chi connectivity index (χ2v) is 6.62. The van der Waals surface area contributed by atoms with E-state index in [1.165, 1.54) is 24.6 Å². The number of aromatic hydroxyl groups is 1. The van der Waals surface area contributed by atoms with Crippen molar-refractivity contribution in [2.75, 3.05) is 6.61 Å². The Morgan fingerprint density at radius 1 is 1.35 bits per heavy atom. The fraction of sp³-hybridized carbons (Fsp3) is 0.529. The molecule has 1 amide bonds. The van der Waals surface area contributed by atoms with E-state index in [1.807, 2.05) is 0 Å². The topological polar surface area (TPSA) is 75.6 Å². The van der Waals surface area contributed by atoms with Gasteiger partial charge in [-0.2, -0.15) is 0 Å². The van der Waals surface area contributed by atoms with E-state index in [-0.39, 0.29) is 29.9 Å². The molecular weight excluding hydrogens is 318 g/mol. The molecule has 0 bridgehead atoms. The van der Waals surface area contributed by atoms with E-state index in [9.17, 15) is 14.7 Å². The molecule has 0 heterocycles. The summed E-state index contributed by atoms with van der Waals surface area (Å²) in [6.07, 6.45) is 3.22. The molecule has 126 valence electrons. The van der Waals surface area contributed by atoms with Crippen LogP contribution in [0.4, 0.5) is 0 Å². The van der Waals surface area contributed by atoms with Gasteiger partial charge in [-0.15, -0.1) is 0 Å². The van der Waals surface area contributed by atoms with Crippen molar-refractivity contribution in [3.8, 4) is 5.75 Å². The fourth-order valence-corrected chi connectivity index (χ4v) is 3.09. The number of ether oxygens (including phenoxy) is 1. The third kappa shape index (κ3) is 4.61. The molecule has 0 spiro atoms. The van der Waals surface area contributed by atoms with Gasteiger partial charge < -0.3 is 15.2 Å². The Labute approximate surface area is 141 Å². The van der Waals surface area contributed by atoms with Gasteiger partial charge in [-0.1, -0.05) is 38.3 Å². The summed E-state index contributed by atoms with van der Waals surface area (Å²) < 4.78 is 4.96. The number of benzene rings is 1. The molecule has 23 heavy (non-hydrogen) atoms. The largest absolute Gasteiger partial charge is 0.507 e. The second-order valence-electron chi connectivity index (χ2n) is 6.18. The number of esters is 1. The lowest BCUT2D eigenvalue weighted by molar-refractivity contribution is -0.125. The molecule has 2 rings (SSSR count). The second kappa shape index (κ2) is 7.68. The predicted molar refractivity (Wildman–Crippen MR) is 87.5 cm³/mol. The SMILES string of the molecule is C[C@@H]1[C@H](C)CCC[C@H]1NC(=O)COC(=O)c1ccc(Cl)cc1O. The van der Waals surface area contributed by atoms with Crippen LogP contribution in [0.5, 0.6) is 5.75 Å². The highest BCUT2D eigenvalue weighted by Gasteiger charge is 2.28. The summed E-state index contributed by atoms with van der Waals surface area (Å²) in [5.74, 6) is -0.360. The molecule has 1 saturated carbocycles. The first kappa shape index (κ1) is 17.6. The minimum Gasteiger partial charge on any atom is -0.507 e. The molecule has 2 N–H and O–H groups in total. The van der Waals surface area contributed by atoms with Crippen LogP contribution in [0.15, 0.2) is 18.2 Å². The van der Waals surface area contributed by atoms with Crippen LogP contribution in [0.25, 0.3) is 0 Å². The van der Waals surface area contributed by atoms with Crippen LogP contribution in [0.2, 0.25) is 5.02 Å². The molecule has 0 aliphatic heterocycles. The van der Waals surface area contributed by atoms with Crippen LogP contribution in [0.3, 0.4) is 0 Å². The number of rotatable bonds is 4. The highest BCUT2D eigenvalue weighted by molar-refractivity contribution is 6.30. The highest BCUT2D eigenvalue weighted by atomic mass is 35.5. The van der Waals surface area contributed by atoms with E-state index in [0.717, 1.165) is 12.8 Å². The van der Waals surface area contributed by atoms with E-state index in [0.29, 0.717) is 16.9 Å². The maximum Gasteiger partial charge on any atom is 0.342 e. The monoisotopic (exact) mass is 339 g/mol. The first-order valence-corrected chi connectivity index (χ1v) is 8.21. The summed E-state index contributed by atoms with van der Waals surface area (Å²) in [6, 6.07) is 4.21. The number of phenolic OH excluding ortho intramolecular Hbond substituents is 1. The van der Waals surface area contributed by atoms with Gasteiger partial charge in [0.1, 0.15) is 11.3 Å². The smallest absolute Gasteiger partial charge is 0.342 e. The average molecular weight is 340 g/mol. The summed E-state index contributed by atoms with van der Waals surface area (Å²) in [6.45, 7) is 3.96. The lowest BCUT2D eigenvalue weighted by atomic mass is 9.78. The molecule has 6 heteroatoms. The number of nitrogens with one attached hydrogen (secondary N) is 1. The average Bonchev–Trinajstić information content (AvgIpc) is 2.49. The summed E-state index contributed by atoms with van der Waals surface area (Å²) in [5.41, 5.74) is -0.0122. The zero-order valence-corrected chi connectivity index (χ0v) is 14.1. The van der Waals surface area contributed by atoms with Crippen LogP contribution in [0, 0.1) is 11.8 Å². The molecule has 0 radical (unpaired) electrons. The Morgan fingerprint density at radius 3 is 2.78 bits per heavy atom. The molecule has 1 aliphatic carbocycles. The number of amides is 1. The summed E-state index contributed by atoms with van der Waals surface area (Å²) in [7, 11) is 0. The van der Waals surface area contributed by atoms with Gasteiger partial charge in [-0.05, 0) is 36.5 Å². The van der Waals surface area contributed by atoms with Crippen LogP contribution in [0.1, 0.15) is 43.5 Å². The van der Waals surface area contributed by atoms with Gasteiger partial charge in [0.05, 0.1) is 0 Å². The van der Waals surface area contributed by atoms with Crippen LogP contribution >= 0.6 is 11.6 Å². The quantitative estimate of drug-likeness (QED) is 0.826. The van der Waals surface area contributed by atoms with Gasteiger partial charge in [0, 0.05) is 11.1 Å². The van der Waals surface area contributed by atoms with Gasteiger partial charge in [-0.3, -0.25) is 4.79 Å². The predicted octanol–water partition coefficient (Wildman–Crippen LogP) is 3.14. The Balaban J connectivity index is 1.85. The van der Waals surface area contributed by atoms with Crippen molar-refractivity contribution in [3.05, 3.63) is 28.8 Å². The number of hydrogen-bond acceptors (Lipinski definition) is 4. The number of carbonyl (C=O) groups excluding carboxylic acids is 2. The van der Waals surface area contributed by atoms with Crippen molar-refractivity contribution >= 4 is 23.5 Å². The van der Waals surface area contributed by atoms with Gasteiger partial charge in [0.15, 0.2) is 6.61 Å². The number of hydrogen-bond donors (Lipinski definition) is 2. The van der Waals surface area contributed by atoms with Gasteiger partial charge in [-0.25, -0.2) is 4.79 Å². The lowest BCUT2D eigenvalue weighted by Crippen LogP contribution is -2.45. The lowest BCUT2D eigenvalue weighted by Gasteiger charge is -2.34. The van der Waals surface area contributed by atoms with Crippen molar-refractivity contribution in [1.29, 1.82) is 0 Å².